The molecule has 2 fully saturated rings. The zero-order valence-corrected chi connectivity index (χ0v) is 13.0. The average Bonchev–Trinajstić information content (AvgIpc) is 3.01. The number of rotatable bonds is 2. The van der Waals surface area contributed by atoms with Gasteiger partial charge in [0.05, 0.1) is 11.6 Å². The first-order valence-electron chi connectivity index (χ1n) is 8.03. The van der Waals surface area contributed by atoms with E-state index in [4.69, 9.17) is 5.26 Å². The zero-order chi connectivity index (χ0) is 16.2. The Balaban J connectivity index is 1.62. The summed E-state index contributed by atoms with van der Waals surface area (Å²) in [6.07, 6.45) is 3.41. The molecule has 2 saturated heterocycles. The van der Waals surface area contributed by atoms with E-state index < -0.39 is 0 Å². The van der Waals surface area contributed by atoms with E-state index in [1.54, 1.807) is 29.2 Å². The second-order valence-electron chi connectivity index (χ2n) is 6.06. The third-order valence-corrected chi connectivity index (χ3v) is 4.48. The molecule has 23 heavy (non-hydrogen) atoms. The van der Waals surface area contributed by atoms with Crippen molar-refractivity contribution < 1.29 is 9.59 Å². The number of hydrogen-bond acceptors (Lipinski definition) is 3. The van der Waals surface area contributed by atoms with Crippen LogP contribution in [0.4, 0.5) is 10.5 Å². The molecule has 2 aliphatic rings. The number of carbonyl (C=O) groups is 2. The highest BCUT2D eigenvalue weighted by atomic mass is 16.2. The van der Waals surface area contributed by atoms with Gasteiger partial charge >= 0.3 is 6.03 Å². The number of nitriles is 1. The van der Waals surface area contributed by atoms with Crippen molar-refractivity contribution in [1.82, 2.24) is 9.80 Å². The first kappa shape index (κ1) is 15.3. The van der Waals surface area contributed by atoms with Crippen LogP contribution in [0.3, 0.4) is 0 Å². The third-order valence-electron chi connectivity index (χ3n) is 4.48. The summed E-state index contributed by atoms with van der Waals surface area (Å²) in [7, 11) is 0. The van der Waals surface area contributed by atoms with E-state index in [2.05, 4.69) is 11.4 Å². The van der Waals surface area contributed by atoms with Crippen molar-refractivity contribution in [3.63, 3.8) is 0 Å². The number of urea groups is 1. The SMILES string of the molecule is N#Cc1cccc(NC(=O)N2CCCC(N3CCCC3=O)C2)c1. The molecule has 120 valence electrons. The summed E-state index contributed by atoms with van der Waals surface area (Å²) in [4.78, 5) is 28.0. The van der Waals surface area contributed by atoms with Gasteiger partial charge in [0.1, 0.15) is 0 Å². The van der Waals surface area contributed by atoms with Gasteiger partial charge in [0.15, 0.2) is 0 Å². The van der Waals surface area contributed by atoms with Gasteiger partial charge < -0.3 is 15.1 Å². The van der Waals surface area contributed by atoms with Crippen LogP contribution in [0.2, 0.25) is 0 Å². The summed E-state index contributed by atoms with van der Waals surface area (Å²) >= 11 is 0. The van der Waals surface area contributed by atoms with Crippen LogP contribution in [0, 0.1) is 11.3 Å². The summed E-state index contributed by atoms with van der Waals surface area (Å²) in [5.74, 6) is 0.207. The lowest BCUT2D eigenvalue weighted by Gasteiger charge is -2.37. The highest BCUT2D eigenvalue weighted by Gasteiger charge is 2.32. The maximum absolute atomic E-state index is 12.4. The van der Waals surface area contributed by atoms with E-state index in [0.717, 1.165) is 25.8 Å². The minimum absolute atomic E-state index is 0.134. The minimum atomic E-state index is -0.170. The van der Waals surface area contributed by atoms with Crippen molar-refractivity contribution in [3.8, 4) is 6.07 Å². The topological polar surface area (TPSA) is 76.4 Å². The molecule has 0 aliphatic carbocycles. The first-order valence-corrected chi connectivity index (χ1v) is 8.03. The van der Waals surface area contributed by atoms with Crippen molar-refractivity contribution in [1.29, 1.82) is 5.26 Å². The van der Waals surface area contributed by atoms with E-state index in [1.165, 1.54) is 0 Å². The molecule has 0 spiro atoms. The molecule has 3 rings (SSSR count). The largest absolute Gasteiger partial charge is 0.338 e. The minimum Gasteiger partial charge on any atom is -0.338 e. The number of hydrogen-bond donors (Lipinski definition) is 1. The third kappa shape index (κ3) is 3.45. The smallest absolute Gasteiger partial charge is 0.321 e. The molecular formula is C17H20N4O2. The van der Waals surface area contributed by atoms with Crippen LogP contribution < -0.4 is 5.32 Å². The van der Waals surface area contributed by atoms with Crippen LogP contribution in [-0.4, -0.2) is 47.4 Å². The second kappa shape index (κ2) is 6.69. The van der Waals surface area contributed by atoms with Crippen LogP contribution in [0.5, 0.6) is 0 Å². The molecule has 6 nitrogen and oxygen atoms in total. The normalized spacial score (nSPS) is 21.2. The molecule has 1 aromatic rings. The van der Waals surface area contributed by atoms with Crippen LogP contribution in [0.25, 0.3) is 0 Å². The standard InChI is InChI=1S/C17H20N4O2/c18-11-13-4-1-5-14(10-13)19-17(23)20-8-2-6-15(12-20)21-9-3-7-16(21)22/h1,4-5,10,15H,2-3,6-9,12H2,(H,19,23). The first-order chi connectivity index (χ1) is 11.2. The maximum atomic E-state index is 12.4. The molecule has 6 heteroatoms. The maximum Gasteiger partial charge on any atom is 0.321 e. The molecule has 0 saturated carbocycles. The predicted molar refractivity (Wildman–Crippen MR) is 85.7 cm³/mol. The van der Waals surface area contributed by atoms with E-state index in [0.29, 0.717) is 30.8 Å². The Morgan fingerprint density at radius 2 is 2.17 bits per heavy atom. The number of amides is 3. The molecule has 2 aliphatic heterocycles. The van der Waals surface area contributed by atoms with Crippen molar-refractivity contribution in [3.05, 3.63) is 29.8 Å². The highest BCUT2D eigenvalue weighted by Crippen LogP contribution is 2.22. The summed E-state index contributed by atoms with van der Waals surface area (Å²) in [5.41, 5.74) is 1.13. The van der Waals surface area contributed by atoms with Crippen molar-refractivity contribution in [2.75, 3.05) is 25.0 Å². The van der Waals surface area contributed by atoms with Crippen LogP contribution in [-0.2, 0) is 4.79 Å². The van der Waals surface area contributed by atoms with E-state index in [9.17, 15) is 9.59 Å². The van der Waals surface area contributed by atoms with Crippen LogP contribution in [0.15, 0.2) is 24.3 Å². The Morgan fingerprint density at radius 3 is 2.91 bits per heavy atom. The Bertz CT molecular complexity index is 652. The fourth-order valence-electron chi connectivity index (χ4n) is 3.32. The Morgan fingerprint density at radius 1 is 1.30 bits per heavy atom. The number of piperidine rings is 1. The summed E-state index contributed by atoms with van der Waals surface area (Å²) in [6.45, 7) is 2.08. The van der Waals surface area contributed by atoms with Crippen molar-refractivity contribution in [2.24, 2.45) is 0 Å². The molecule has 1 N–H and O–H groups in total. The lowest BCUT2D eigenvalue weighted by Crippen LogP contribution is -2.51. The Kier molecular flexibility index (Phi) is 4.47. The van der Waals surface area contributed by atoms with Crippen LogP contribution >= 0.6 is 0 Å². The second-order valence-corrected chi connectivity index (χ2v) is 6.06. The van der Waals surface area contributed by atoms with Gasteiger partial charge in [-0.15, -0.1) is 0 Å². The lowest BCUT2D eigenvalue weighted by atomic mass is 10.0. The van der Waals surface area contributed by atoms with Gasteiger partial charge in [-0.1, -0.05) is 6.07 Å². The fraction of sp³-hybridized carbons (Fsp3) is 0.471. The molecule has 2 heterocycles. The Labute approximate surface area is 135 Å². The molecule has 1 atom stereocenters. The summed E-state index contributed by atoms with van der Waals surface area (Å²) in [5, 5.41) is 11.8. The number of anilines is 1. The molecule has 1 aromatic carbocycles. The Hall–Kier alpha value is -2.55. The zero-order valence-electron chi connectivity index (χ0n) is 13.0. The van der Waals surface area contributed by atoms with Gasteiger partial charge in [0.25, 0.3) is 0 Å². The molecule has 0 aromatic heterocycles. The van der Waals surface area contributed by atoms with Crippen LogP contribution in [0.1, 0.15) is 31.2 Å². The fourth-order valence-corrected chi connectivity index (χ4v) is 3.32. The molecule has 3 amide bonds. The number of nitrogens with zero attached hydrogens (tertiary/aromatic N) is 3. The van der Waals surface area contributed by atoms with Gasteiger partial charge in [-0.05, 0) is 37.5 Å². The van der Waals surface area contributed by atoms with Crippen molar-refractivity contribution >= 4 is 17.6 Å². The number of benzene rings is 1. The summed E-state index contributed by atoms with van der Waals surface area (Å²) < 4.78 is 0. The van der Waals surface area contributed by atoms with Gasteiger partial charge in [0, 0.05) is 37.8 Å². The monoisotopic (exact) mass is 312 g/mol. The summed E-state index contributed by atoms with van der Waals surface area (Å²) in [6, 6.07) is 8.89. The quantitative estimate of drug-likeness (QED) is 0.909. The van der Waals surface area contributed by atoms with E-state index in [-0.39, 0.29) is 18.0 Å². The van der Waals surface area contributed by atoms with Gasteiger partial charge in [-0.3, -0.25) is 4.79 Å². The molecule has 0 bridgehead atoms. The highest BCUT2D eigenvalue weighted by molar-refractivity contribution is 5.89. The van der Waals surface area contributed by atoms with Gasteiger partial charge in [0.2, 0.25) is 5.91 Å². The molecule has 0 radical (unpaired) electrons. The predicted octanol–water partition coefficient (Wildman–Crippen LogP) is 2.18. The van der Waals surface area contributed by atoms with Crippen molar-refractivity contribution in [2.45, 2.75) is 31.7 Å². The van der Waals surface area contributed by atoms with Gasteiger partial charge in [-0.2, -0.15) is 5.26 Å². The average molecular weight is 312 g/mol. The molecular weight excluding hydrogens is 292 g/mol. The number of likely N-dealkylation sites (tertiary alicyclic amines) is 2. The lowest BCUT2D eigenvalue weighted by molar-refractivity contribution is -0.130. The van der Waals surface area contributed by atoms with E-state index in [1.807, 2.05) is 4.90 Å². The molecule has 1 unspecified atom stereocenters. The van der Waals surface area contributed by atoms with Gasteiger partial charge in [-0.25, -0.2) is 4.79 Å². The van der Waals surface area contributed by atoms with E-state index >= 15 is 0 Å². The number of carbonyl (C=O) groups excluding carboxylic acids is 2. The number of nitrogens with one attached hydrogen (secondary N) is 1.